The molecule has 0 spiro atoms. The lowest BCUT2D eigenvalue weighted by Crippen LogP contribution is -2.52. The third-order valence-corrected chi connectivity index (χ3v) is 4.89. The summed E-state index contributed by atoms with van der Waals surface area (Å²) in [5.74, 6) is 0. The molecule has 3 rings (SSSR count). The van der Waals surface area contributed by atoms with Crippen LogP contribution in [0.5, 0.6) is 0 Å². The van der Waals surface area contributed by atoms with E-state index in [0.717, 1.165) is 16.7 Å². The summed E-state index contributed by atoms with van der Waals surface area (Å²) in [6.07, 6.45) is -0.00212. The lowest BCUT2D eigenvalue weighted by atomic mass is 9.75. The van der Waals surface area contributed by atoms with Crippen molar-refractivity contribution in [2.75, 3.05) is 14.1 Å². The maximum atomic E-state index is 11.4. The topological polar surface area (TPSA) is 23.5 Å². The molecular weight excluding hydrogens is 306 g/mol. The fourth-order valence-electron chi connectivity index (χ4n) is 3.74. The van der Waals surface area contributed by atoms with E-state index in [1.807, 2.05) is 68.7 Å². The SMILES string of the molecule is CN(C)C(c1ccccc1)(c1ccccc1)C(O)Cc1ccccc1. The van der Waals surface area contributed by atoms with Gasteiger partial charge < -0.3 is 5.11 Å². The van der Waals surface area contributed by atoms with Crippen molar-refractivity contribution in [2.45, 2.75) is 18.1 Å². The van der Waals surface area contributed by atoms with Gasteiger partial charge in [0.05, 0.1) is 11.6 Å². The van der Waals surface area contributed by atoms with E-state index in [0.29, 0.717) is 6.42 Å². The zero-order valence-electron chi connectivity index (χ0n) is 14.8. The lowest BCUT2D eigenvalue weighted by molar-refractivity contribution is 0.0177. The molecule has 3 aromatic rings. The predicted molar refractivity (Wildman–Crippen MR) is 104 cm³/mol. The van der Waals surface area contributed by atoms with Crippen molar-refractivity contribution in [3.63, 3.8) is 0 Å². The third-order valence-electron chi connectivity index (χ3n) is 4.89. The number of hydrogen-bond acceptors (Lipinski definition) is 2. The molecule has 0 aliphatic heterocycles. The number of likely N-dealkylation sites (N-methyl/N-ethyl adjacent to an activating group) is 1. The molecule has 0 saturated heterocycles. The fourth-order valence-corrected chi connectivity index (χ4v) is 3.74. The second-order valence-electron chi connectivity index (χ2n) is 6.60. The van der Waals surface area contributed by atoms with Crippen molar-refractivity contribution in [3.05, 3.63) is 108 Å². The molecule has 0 saturated carbocycles. The Morgan fingerprint density at radius 1 is 0.720 bits per heavy atom. The highest BCUT2D eigenvalue weighted by Gasteiger charge is 2.43. The Labute approximate surface area is 150 Å². The van der Waals surface area contributed by atoms with Gasteiger partial charge in [0, 0.05) is 6.42 Å². The Balaban J connectivity index is 2.14. The minimum atomic E-state index is -0.613. The average Bonchev–Trinajstić information content (AvgIpc) is 2.65. The zero-order valence-corrected chi connectivity index (χ0v) is 14.8. The molecular formula is C23H25NO. The highest BCUT2D eigenvalue weighted by Crippen LogP contribution is 2.38. The molecule has 3 aromatic carbocycles. The van der Waals surface area contributed by atoms with Gasteiger partial charge in [0.25, 0.3) is 0 Å². The summed E-state index contributed by atoms with van der Waals surface area (Å²) in [7, 11) is 4.07. The van der Waals surface area contributed by atoms with Crippen LogP contribution < -0.4 is 0 Å². The van der Waals surface area contributed by atoms with Gasteiger partial charge in [-0.1, -0.05) is 91.0 Å². The summed E-state index contributed by atoms with van der Waals surface area (Å²) < 4.78 is 0. The Kier molecular flexibility index (Phi) is 5.32. The van der Waals surface area contributed by atoms with Crippen LogP contribution in [0, 0.1) is 0 Å². The maximum absolute atomic E-state index is 11.4. The van der Waals surface area contributed by atoms with Crippen molar-refractivity contribution in [1.29, 1.82) is 0 Å². The van der Waals surface area contributed by atoms with E-state index in [1.165, 1.54) is 0 Å². The molecule has 1 atom stereocenters. The van der Waals surface area contributed by atoms with Crippen molar-refractivity contribution >= 4 is 0 Å². The Hall–Kier alpha value is -2.42. The first kappa shape index (κ1) is 17.4. The maximum Gasteiger partial charge on any atom is 0.0977 e. The monoisotopic (exact) mass is 331 g/mol. The van der Waals surface area contributed by atoms with Crippen LogP contribution in [0.25, 0.3) is 0 Å². The van der Waals surface area contributed by atoms with E-state index in [4.69, 9.17) is 0 Å². The smallest absolute Gasteiger partial charge is 0.0977 e. The van der Waals surface area contributed by atoms with E-state index in [2.05, 4.69) is 41.3 Å². The van der Waals surface area contributed by atoms with E-state index in [9.17, 15) is 5.11 Å². The highest BCUT2D eigenvalue weighted by atomic mass is 16.3. The van der Waals surface area contributed by atoms with Gasteiger partial charge >= 0.3 is 0 Å². The Bertz CT molecular complexity index is 729. The van der Waals surface area contributed by atoms with E-state index in [-0.39, 0.29) is 0 Å². The van der Waals surface area contributed by atoms with Crippen molar-refractivity contribution in [1.82, 2.24) is 4.90 Å². The molecule has 1 unspecified atom stereocenters. The molecule has 0 fully saturated rings. The second-order valence-corrected chi connectivity index (χ2v) is 6.60. The van der Waals surface area contributed by atoms with Crippen LogP contribution in [-0.4, -0.2) is 30.2 Å². The summed E-state index contributed by atoms with van der Waals surface area (Å²) >= 11 is 0. The predicted octanol–water partition coefficient (Wildman–Crippen LogP) is 4.10. The minimum Gasteiger partial charge on any atom is -0.390 e. The van der Waals surface area contributed by atoms with Crippen molar-refractivity contribution in [3.8, 4) is 0 Å². The summed E-state index contributed by atoms with van der Waals surface area (Å²) in [6, 6.07) is 30.7. The quantitative estimate of drug-likeness (QED) is 0.735. The van der Waals surface area contributed by atoms with Crippen LogP contribution in [0.2, 0.25) is 0 Å². The number of rotatable bonds is 6. The first-order valence-corrected chi connectivity index (χ1v) is 8.66. The van der Waals surface area contributed by atoms with Crippen LogP contribution in [-0.2, 0) is 12.0 Å². The van der Waals surface area contributed by atoms with Crippen molar-refractivity contribution < 1.29 is 5.11 Å². The van der Waals surface area contributed by atoms with Gasteiger partial charge in [-0.3, -0.25) is 4.90 Å². The Morgan fingerprint density at radius 2 is 1.12 bits per heavy atom. The van der Waals surface area contributed by atoms with Gasteiger partial charge in [0.15, 0.2) is 0 Å². The summed E-state index contributed by atoms with van der Waals surface area (Å²) in [5, 5.41) is 11.4. The molecule has 0 radical (unpaired) electrons. The minimum absolute atomic E-state index is 0.586. The van der Waals surface area contributed by atoms with Gasteiger partial charge in [-0.05, 0) is 30.8 Å². The number of benzene rings is 3. The van der Waals surface area contributed by atoms with Gasteiger partial charge in [-0.15, -0.1) is 0 Å². The zero-order chi connectivity index (χ0) is 17.7. The highest BCUT2D eigenvalue weighted by molar-refractivity contribution is 5.41. The standard InChI is InChI=1S/C23H25NO/c1-24(2)23(20-14-8-4-9-15-20,21-16-10-5-11-17-21)22(25)18-19-12-6-3-7-13-19/h3-17,22,25H,18H2,1-2H3. The summed E-state index contributed by atoms with van der Waals surface area (Å²) in [5.41, 5.74) is 2.70. The first-order valence-electron chi connectivity index (χ1n) is 8.66. The molecule has 0 aliphatic rings. The van der Waals surface area contributed by atoms with Crippen LogP contribution in [0.3, 0.4) is 0 Å². The normalized spacial score (nSPS) is 13.0. The molecule has 128 valence electrons. The molecule has 0 amide bonds. The molecule has 1 N–H and O–H groups in total. The molecule has 0 bridgehead atoms. The third kappa shape index (κ3) is 3.37. The molecule has 2 heteroatoms. The largest absolute Gasteiger partial charge is 0.390 e. The summed E-state index contributed by atoms with van der Waals surface area (Å²) in [4.78, 5) is 2.13. The molecule has 0 aliphatic carbocycles. The number of aliphatic hydroxyl groups excluding tert-OH is 1. The molecule has 2 nitrogen and oxygen atoms in total. The summed E-state index contributed by atoms with van der Waals surface area (Å²) in [6.45, 7) is 0. The number of hydrogen-bond donors (Lipinski definition) is 1. The molecule has 0 heterocycles. The Morgan fingerprint density at radius 3 is 1.52 bits per heavy atom. The van der Waals surface area contributed by atoms with Crippen LogP contribution in [0.1, 0.15) is 16.7 Å². The first-order chi connectivity index (χ1) is 12.2. The van der Waals surface area contributed by atoms with Crippen LogP contribution in [0.4, 0.5) is 0 Å². The van der Waals surface area contributed by atoms with E-state index >= 15 is 0 Å². The molecule has 0 aromatic heterocycles. The van der Waals surface area contributed by atoms with Gasteiger partial charge in [0.2, 0.25) is 0 Å². The van der Waals surface area contributed by atoms with Crippen molar-refractivity contribution in [2.24, 2.45) is 0 Å². The van der Waals surface area contributed by atoms with Crippen LogP contribution >= 0.6 is 0 Å². The van der Waals surface area contributed by atoms with Crippen LogP contribution in [0.15, 0.2) is 91.0 Å². The number of aliphatic hydroxyl groups is 1. The lowest BCUT2D eigenvalue weighted by Gasteiger charge is -2.45. The van der Waals surface area contributed by atoms with E-state index in [1.54, 1.807) is 0 Å². The fraction of sp³-hybridized carbons (Fsp3) is 0.217. The molecule has 25 heavy (non-hydrogen) atoms. The van der Waals surface area contributed by atoms with Gasteiger partial charge in [0.1, 0.15) is 0 Å². The second kappa shape index (κ2) is 7.64. The van der Waals surface area contributed by atoms with E-state index < -0.39 is 11.6 Å². The van der Waals surface area contributed by atoms with Gasteiger partial charge in [-0.2, -0.15) is 0 Å². The number of nitrogens with zero attached hydrogens (tertiary/aromatic N) is 1. The average molecular weight is 331 g/mol. The van der Waals surface area contributed by atoms with Gasteiger partial charge in [-0.25, -0.2) is 0 Å².